The zero-order chi connectivity index (χ0) is 15.6. The van der Waals surface area contributed by atoms with Gasteiger partial charge in [-0.1, -0.05) is 64.4 Å². The fourth-order valence-corrected chi connectivity index (χ4v) is 5.61. The minimum Gasteiger partial charge on any atom is -0.335 e. The molecule has 0 spiro atoms. The van der Waals surface area contributed by atoms with Crippen LogP contribution < -0.4 is 0 Å². The second-order valence-electron chi connectivity index (χ2n) is 5.62. The van der Waals surface area contributed by atoms with Crippen molar-refractivity contribution in [1.29, 1.82) is 0 Å². The van der Waals surface area contributed by atoms with Crippen LogP contribution in [0.1, 0.15) is 37.7 Å². The fraction of sp³-hybridized carbons (Fsp3) is 0.500. The second-order valence-corrected chi connectivity index (χ2v) is 8.41. The molecule has 0 bridgehead atoms. The molecule has 0 aromatic heterocycles. The number of carbonyl (C=O) groups is 1. The van der Waals surface area contributed by atoms with E-state index in [9.17, 15) is 4.79 Å². The fourth-order valence-electron chi connectivity index (χ4n) is 2.58. The van der Waals surface area contributed by atoms with Crippen molar-refractivity contribution in [2.45, 2.75) is 43.9 Å². The Hall–Kier alpha value is -0.870. The number of hydrogen-bond acceptors (Lipinski definition) is 3. The molecular weight excluding hydrogens is 310 g/mol. The Kier molecular flexibility index (Phi) is 7.95. The van der Waals surface area contributed by atoms with Gasteiger partial charge in [0.25, 0.3) is 0 Å². The van der Waals surface area contributed by atoms with Gasteiger partial charge in [0.05, 0.1) is 0 Å². The van der Waals surface area contributed by atoms with Crippen molar-refractivity contribution >= 4 is 27.5 Å². The van der Waals surface area contributed by atoms with E-state index in [1.54, 1.807) is 0 Å². The van der Waals surface area contributed by atoms with Crippen molar-refractivity contribution in [3.63, 3.8) is 0 Å². The largest absolute Gasteiger partial charge is 0.335 e. The summed E-state index contributed by atoms with van der Waals surface area (Å²) < 4.78 is 0. The molecule has 1 saturated heterocycles. The summed E-state index contributed by atoms with van der Waals surface area (Å²) >= 11 is 0. The van der Waals surface area contributed by atoms with Crippen LogP contribution in [0, 0.1) is 0 Å². The monoisotopic (exact) mass is 335 g/mol. The summed E-state index contributed by atoms with van der Waals surface area (Å²) in [6.45, 7) is 5.08. The Balaban J connectivity index is 1.72. The molecule has 1 fully saturated rings. The molecule has 2 rings (SSSR count). The van der Waals surface area contributed by atoms with Crippen LogP contribution in [0.4, 0.5) is 0 Å². The summed E-state index contributed by atoms with van der Waals surface area (Å²) in [6, 6.07) is 10.2. The molecule has 4 heteroatoms. The van der Waals surface area contributed by atoms with E-state index in [1.165, 1.54) is 24.2 Å². The van der Waals surface area contributed by atoms with E-state index in [1.807, 2.05) is 50.8 Å². The predicted molar refractivity (Wildman–Crippen MR) is 99.0 cm³/mol. The van der Waals surface area contributed by atoms with Crippen molar-refractivity contribution in [1.82, 2.24) is 4.90 Å². The third-order valence-electron chi connectivity index (χ3n) is 3.81. The van der Waals surface area contributed by atoms with Crippen molar-refractivity contribution in [2.24, 2.45) is 0 Å². The van der Waals surface area contributed by atoms with Crippen LogP contribution in [0.5, 0.6) is 0 Å². The molecule has 1 amide bonds. The van der Waals surface area contributed by atoms with Crippen LogP contribution in [-0.2, 0) is 11.3 Å². The first-order valence-corrected chi connectivity index (χ1v) is 10.4. The van der Waals surface area contributed by atoms with Gasteiger partial charge in [-0.25, -0.2) is 0 Å². The van der Waals surface area contributed by atoms with E-state index in [0.29, 0.717) is 19.5 Å². The zero-order valence-electron chi connectivity index (χ0n) is 13.1. The summed E-state index contributed by atoms with van der Waals surface area (Å²) in [6.07, 6.45) is 7.23. The van der Waals surface area contributed by atoms with E-state index in [2.05, 4.69) is 18.7 Å². The maximum atomic E-state index is 12.4. The standard InChI is InChI=1S/C18H25NOS2/c1-2-13-19(15-16-8-4-3-5-9-16)18(20)11-7-6-10-17-12-14-21-22-17/h2-5,8-9,17H,1,6-7,10-15H2. The molecule has 120 valence electrons. The van der Waals surface area contributed by atoms with Gasteiger partial charge in [-0.15, -0.1) is 6.58 Å². The quantitative estimate of drug-likeness (QED) is 0.363. The summed E-state index contributed by atoms with van der Waals surface area (Å²) in [4.78, 5) is 14.3. The zero-order valence-corrected chi connectivity index (χ0v) is 14.7. The summed E-state index contributed by atoms with van der Waals surface area (Å²) in [5.41, 5.74) is 1.18. The summed E-state index contributed by atoms with van der Waals surface area (Å²) in [5, 5.41) is 0.814. The molecule has 0 radical (unpaired) electrons. The molecule has 22 heavy (non-hydrogen) atoms. The average molecular weight is 336 g/mol. The van der Waals surface area contributed by atoms with E-state index >= 15 is 0 Å². The number of benzene rings is 1. The molecule has 0 N–H and O–H groups in total. The first-order chi connectivity index (χ1) is 10.8. The highest BCUT2D eigenvalue weighted by Gasteiger charge is 2.17. The first kappa shape index (κ1) is 17.5. The van der Waals surface area contributed by atoms with Gasteiger partial charge in [0, 0.05) is 30.5 Å². The Bertz CT molecular complexity index is 457. The van der Waals surface area contributed by atoms with Crippen LogP contribution in [0.2, 0.25) is 0 Å². The Morgan fingerprint density at radius 3 is 2.82 bits per heavy atom. The Morgan fingerprint density at radius 1 is 1.32 bits per heavy atom. The lowest BCUT2D eigenvalue weighted by molar-refractivity contribution is -0.131. The number of unbranched alkanes of at least 4 members (excludes halogenated alkanes) is 1. The average Bonchev–Trinajstić information content (AvgIpc) is 3.05. The Morgan fingerprint density at radius 2 is 2.14 bits per heavy atom. The number of carbonyl (C=O) groups excluding carboxylic acids is 1. The van der Waals surface area contributed by atoms with E-state index < -0.39 is 0 Å². The van der Waals surface area contributed by atoms with Gasteiger partial charge >= 0.3 is 0 Å². The third-order valence-corrected chi connectivity index (χ3v) is 6.82. The van der Waals surface area contributed by atoms with Crippen molar-refractivity contribution in [2.75, 3.05) is 12.3 Å². The van der Waals surface area contributed by atoms with E-state index in [-0.39, 0.29) is 5.91 Å². The molecule has 1 aliphatic rings. The number of nitrogens with zero attached hydrogens (tertiary/aromatic N) is 1. The van der Waals surface area contributed by atoms with Gasteiger partial charge in [-0.05, 0) is 24.8 Å². The highest BCUT2D eigenvalue weighted by Crippen LogP contribution is 2.39. The van der Waals surface area contributed by atoms with Crippen LogP contribution in [-0.4, -0.2) is 28.4 Å². The lowest BCUT2D eigenvalue weighted by Gasteiger charge is -2.21. The summed E-state index contributed by atoms with van der Waals surface area (Å²) in [7, 11) is 4.02. The smallest absolute Gasteiger partial charge is 0.223 e. The second kappa shape index (κ2) is 10.0. The SMILES string of the molecule is C=CCN(Cc1ccccc1)C(=O)CCCCC1CCSS1. The number of amides is 1. The van der Waals surface area contributed by atoms with Crippen LogP contribution in [0.15, 0.2) is 43.0 Å². The molecule has 1 heterocycles. The van der Waals surface area contributed by atoms with Crippen LogP contribution in [0.3, 0.4) is 0 Å². The van der Waals surface area contributed by atoms with Crippen LogP contribution >= 0.6 is 21.6 Å². The highest BCUT2D eigenvalue weighted by molar-refractivity contribution is 8.77. The van der Waals surface area contributed by atoms with Crippen LogP contribution in [0.25, 0.3) is 0 Å². The van der Waals surface area contributed by atoms with Gasteiger partial charge < -0.3 is 4.90 Å². The molecule has 1 aromatic carbocycles. The number of rotatable bonds is 9. The van der Waals surface area contributed by atoms with Crippen molar-refractivity contribution in [3.8, 4) is 0 Å². The first-order valence-electron chi connectivity index (χ1n) is 8.00. The lowest BCUT2D eigenvalue weighted by Crippen LogP contribution is -2.30. The molecule has 2 nitrogen and oxygen atoms in total. The molecule has 1 aromatic rings. The van der Waals surface area contributed by atoms with Crippen molar-refractivity contribution < 1.29 is 4.79 Å². The minimum atomic E-state index is 0.247. The molecule has 0 aliphatic carbocycles. The third kappa shape index (κ3) is 6.09. The number of hydrogen-bond donors (Lipinski definition) is 0. The highest BCUT2D eigenvalue weighted by atomic mass is 33.1. The van der Waals surface area contributed by atoms with E-state index in [4.69, 9.17) is 0 Å². The topological polar surface area (TPSA) is 20.3 Å². The normalized spacial score (nSPS) is 17.4. The maximum absolute atomic E-state index is 12.4. The Labute approximate surface area is 142 Å². The van der Waals surface area contributed by atoms with Gasteiger partial charge in [0.2, 0.25) is 5.91 Å². The minimum absolute atomic E-state index is 0.247. The maximum Gasteiger partial charge on any atom is 0.223 e. The summed E-state index contributed by atoms with van der Waals surface area (Å²) in [5.74, 6) is 1.54. The lowest BCUT2D eigenvalue weighted by atomic mass is 10.1. The van der Waals surface area contributed by atoms with Gasteiger partial charge in [0.1, 0.15) is 0 Å². The van der Waals surface area contributed by atoms with E-state index in [0.717, 1.165) is 18.1 Å². The molecular formula is C18H25NOS2. The van der Waals surface area contributed by atoms with Gasteiger partial charge in [-0.2, -0.15) is 0 Å². The predicted octanol–water partition coefficient (Wildman–Crippen LogP) is 4.92. The molecule has 1 unspecified atom stereocenters. The van der Waals surface area contributed by atoms with Gasteiger partial charge in [-0.3, -0.25) is 4.79 Å². The molecule has 1 aliphatic heterocycles. The molecule has 1 atom stereocenters. The van der Waals surface area contributed by atoms with Crippen molar-refractivity contribution in [3.05, 3.63) is 48.6 Å². The molecule has 0 saturated carbocycles. The van der Waals surface area contributed by atoms with Gasteiger partial charge in [0.15, 0.2) is 0 Å².